The van der Waals surface area contributed by atoms with Crippen LogP contribution in [0.25, 0.3) is 0 Å². The fraction of sp³-hybridized carbons (Fsp3) is 0.667. The highest BCUT2D eigenvalue weighted by Gasteiger charge is 2.22. The summed E-state index contributed by atoms with van der Waals surface area (Å²) in [6.45, 7) is 9.26. The fourth-order valence-corrected chi connectivity index (χ4v) is 3.13. The zero-order valence-corrected chi connectivity index (χ0v) is 16.9. The van der Waals surface area contributed by atoms with E-state index in [9.17, 15) is 0 Å². The van der Waals surface area contributed by atoms with Gasteiger partial charge in [0.25, 0.3) is 0 Å². The van der Waals surface area contributed by atoms with Crippen molar-refractivity contribution in [2.45, 2.75) is 39.2 Å². The maximum absolute atomic E-state index is 5.39. The summed E-state index contributed by atoms with van der Waals surface area (Å²) in [7, 11) is 0. The normalized spacial score (nSPS) is 18.2. The summed E-state index contributed by atoms with van der Waals surface area (Å²) < 4.78 is 5.39. The minimum Gasteiger partial charge on any atom is -0.379 e. The van der Waals surface area contributed by atoms with Crippen LogP contribution >= 0.6 is 12.2 Å². The van der Waals surface area contributed by atoms with Crippen LogP contribution in [0.3, 0.4) is 0 Å². The number of anilines is 1. The number of nitrogens with zero attached hydrogens (tertiary/aromatic N) is 4. The van der Waals surface area contributed by atoms with Crippen LogP contribution in [-0.2, 0) is 4.74 Å². The summed E-state index contributed by atoms with van der Waals surface area (Å²) in [4.78, 5) is 15.9. The van der Waals surface area contributed by atoms with Gasteiger partial charge in [-0.3, -0.25) is 15.2 Å². The second-order valence-corrected chi connectivity index (χ2v) is 7.42. The molecule has 3 rings (SSSR count). The largest absolute Gasteiger partial charge is 0.379 e. The van der Waals surface area contributed by atoms with Gasteiger partial charge in [-0.25, -0.2) is 9.97 Å². The lowest BCUT2D eigenvalue weighted by Crippen LogP contribution is -2.43. The van der Waals surface area contributed by atoms with Crippen LogP contribution in [0.4, 0.5) is 5.95 Å². The van der Waals surface area contributed by atoms with Crippen molar-refractivity contribution in [3.05, 3.63) is 17.5 Å². The lowest BCUT2D eigenvalue weighted by Gasteiger charge is -2.26. The number of hydrogen-bond acceptors (Lipinski definition) is 6. The Morgan fingerprint density at radius 1 is 1.26 bits per heavy atom. The summed E-state index contributed by atoms with van der Waals surface area (Å²) in [5, 5.41) is 10.2. The molecule has 3 N–H and O–H groups in total. The van der Waals surface area contributed by atoms with E-state index in [0.29, 0.717) is 29.6 Å². The van der Waals surface area contributed by atoms with Crippen molar-refractivity contribution in [2.75, 3.05) is 44.7 Å². The molecule has 1 aromatic rings. The van der Waals surface area contributed by atoms with Gasteiger partial charge >= 0.3 is 0 Å². The molecule has 0 aromatic carbocycles. The molecule has 1 saturated carbocycles. The van der Waals surface area contributed by atoms with Crippen molar-refractivity contribution in [1.29, 1.82) is 0 Å². The summed E-state index contributed by atoms with van der Waals surface area (Å²) >= 11 is 5.39. The number of aromatic nitrogens is 2. The highest BCUT2D eigenvalue weighted by molar-refractivity contribution is 7.80. The van der Waals surface area contributed by atoms with Gasteiger partial charge in [0, 0.05) is 43.6 Å². The molecule has 1 aromatic heterocycles. The van der Waals surface area contributed by atoms with Crippen LogP contribution in [-0.4, -0.2) is 71.4 Å². The highest BCUT2D eigenvalue weighted by atomic mass is 32.1. The fourth-order valence-electron chi connectivity index (χ4n) is 2.86. The Balaban J connectivity index is 1.56. The van der Waals surface area contributed by atoms with Crippen molar-refractivity contribution >= 4 is 29.2 Å². The second-order valence-electron chi connectivity index (χ2n) is 7.01. The number of rotatable bonds is 6. The second kappa shape index (κ2) is 9.91. The van der Waals surface area contributed by atoms with Crippen LogP contribution in [0.5, 0.6) is 0 Å². The number of morpholine rings is 1. The van der Waals surface area contributed by atoms with E-state index in [0.717, 1.165) is 50.7 Å². The van der Waals surface area contributed by atoms with E-state index < -0.39 is 0 Å². The topological polar surface area (TPSA) is 86.7 Å². The maximum atomic E-state index is 5.39. The Hall–Kier alpha value is -1.84. The standard InChI is InChI=1S/C18H29N7OS/c1-13-12-14(2)21-17(20-13)23-16(24-18(27)22-15-4-5-15)19-6-3-7-25-8-10-26-11-9-25/h12,15H,3-11H2,1-2H3,(H3,19,20,21,22,23,24,27). The Morgan fingerprint density at radius 2 is 1.96 bits per heavy atom. The molecule has 8 nitrogen and oxygen atoms in total. The Morgan fingerprint density at radius 3 is 2.63 bits per heavy atom. The molecule has 1 aliphatic heterocycles. The summed E-state index contributed by atoms with van der Waals surface area (Å²) in [6.07, 6.45) is 3.31. The van der Waals surface area contributed by atoms with Crippen molar-refractivity contribution < 1.29 is 4.74 Å². The predicted octanol–water partition coefficient (Wildman–Crippen LogP) is 1.21. The lowest BCUT2D eigenvalue weighted by molar-refractivity contribution is 0.0377. The molecular formula is C18H29N7OS. The van der Waals surface area contributed by atoms with Crippen LogP contribution in [0.15, 0.2) is 11.1 Å². The summed E-state index contributed by atoms with van der Waals surface area (Å²) in [5.74, 6) is 1.11. The molecular weight excluding hydrogens is 362 g/mol. The molecule has 0 unspecified atom stereocenters. The van der Waals surface area contributed by atoms with Gasteiger partial charge in [-0.15, -0.1) is 0 Å². The van der Waals surface area contributed by atoms with Crippen LogP contribution in [0.2, 0.25) is 0 Å². The van der Waals surface area contributed by atoms with Gasteiger partial charge in [-0.2, -0.15) is 0 Å². The third-order valence-corrected chi connectivity index (χ3v) is 4.58. The number of guanidine groups is 1. The van der Waals surface area contributed by atoms with Crippen LogP contribution in [0.1, 0.15) is 30.7 Å². The minimum absolute atomic E-state index is 0.491. The first-order chi connectivity index (χ1) is 13.1. The Bertz CT molecular complexity index is 651. The number of thiocarbonyl (C=S) groups is 1. The van der Waals surface area contributed by atoms with Crippen molar-refractivity contribution in [3.8, 4) is 0 Å². The molecule has 0 radical (unpaired) electrons. The third kappa shape index (κ3) is 7.36. The monoisotopic (exact) mass is 391 g/mol. The predicted molar refractivity (Wildman–Crippen MR) is 111 cm³/mol. The zero-order valence-electron chi connectivity index (χ0n) is 16.1. The average Bonchev–Trinajstić information content (AvgIpc) is 3.42. The lowest BCUT2D eigenvalue weighted by atomic mass is 10.3. The number of aryl methyl sites for hydroxylation is 2. The molecule has 0 amide bonds. The molecule has 1 saturated heterocycles. The van der Waals surface area contributed by atoms with E-state index in [1.54, 1.807) is 0 Å². The van der Waals surface area contributed by atoms with Gasteiger partial charge < -0.3 is 15.4 Å². The molecule has 0 spiro atoms. The third-order valence-electron chi connectivity index (χ3n) is 4.36. The number of ether oxygens (including phenoxy) is 1. The van der Waals surface area contributed by atoms with Crippen molar-refractivity contribution in [2.24, 2.45) is 4.99 Å². The first-order valence-corrected chi connectivity index (χ1v) is 10.0. The molecule has 2 aliphatic rings. The molecule has 1 aliphatic carbocycles. The molecule has 9 heteroatoms. The van der Waals surface area contributed by atoms with Crippen molar-refractivity contribution in [3.63, 3.8) is 0 Å². The van der Waals surface area contributed by atoms with E-state index in [1.165, 1.54) is 12.8 Å². The van der Waals surface area contributed by atoms with E-state index in [2.05, 4.69) is 35.8 Å². The number of nitrogens with one attached hydrogen (secondary N) is 3. The molecule has 148 valence electrons. The molecule has 0 bridgehead atoms. The van der Waals surface area contributed by atoms with Gasteiger partial charge in [0.15, 0.2) is 5.11 Å². The molecule has 0 atom stereocenters. The quantitative estimate of drug-likeness (QED) is 0.289. The molecule has 2 heterocycles. The van der Waals surface area contributed by atoms with Gasteiger partial charge in [0.05, 0.1) is 13.2 Å². The van der Waals surface area contributed by atoms with E-state index in [1.807, 2.05) is 19.9 Å². The molecule has 27 heavy (non-hydrogen) atoms. The van der Waals surface area contributed by atoms with Crippen molar-refractivity contribution in [1.82, 2.24) is 25.5 Å². The number of aliphatic imine (C=N–C) groups is 1. The van der Waals surface area contributed by atoms with Gasteiger partial charge in [-0.1, -0.05) is 0 Å². The Labute approximate surface area is 166 Å². The average molecular weight is 392 g/mol. The first-order valence-electron chi connectivity index (χ1n) is 9.60. The SMILES string of the molecule is Cc1cc(C)nc(NC(=NCCCN2CCOCC2)NC(=S)NC2CC2)n1. The van der Waals surface area contributed by atoms with Gasteiger partial charge in [0.1, 0.15) is 0 Å². The molecule has 2 fully saturated rings. The summed E-state index contributed by atoms with van der Waals surface area (Å²) in [5.41, 5.74) is 1.82. The Kier molecular flexibility index (Phi) is 7.31. The van der Waals surface area contributed by atoms with E-state index >= 15 is 0 Å². The number of hydrogen-bond donors (Lipinski definition) is 3. The maximum Gasteiger partial charge on any atom is 0.229 e. The highest BCUT2D eigenvalue weighted by Crippen LogP contribution is 2.18. The van der Waals surface area contributed by atoms with Crippen LogP contribution < -0.4 is 16.0 Å². The smallest absolute Gasteiger partial charge is 0.229 e. The van der Waals surface area contributed by atoms with E-state index in [-0.39, 0.29) is 0 Å². The van der Waals surface area contributed by atoms with E-state index in [4.69, 9.17) is 17.0 Å². The minimum atomic E-state index is 0.491. The zero-order chi connectivity index (χ0) is 19.1. The van der Waals surface area contributed by atoms with Gasteiger partial charge in [-0.05, 0) is 51.4 Å². The summed E-state index contributed by atoms with van der Waals surface area (Å²) in [6, 6.07) is 2.43. The van der Waals surface area contributed by atoms with Crippen LogP contribution in [0, 0.1) is 13.8 Å². The first kappa shape index (κ1) is 19.9. The van der Waals surface area contributed by atoms with Gasteiger partial charge in [0.2, 0.25) is 11.9 Å².